The van der Waals surface area contributed by atoms with Crippen LogP contribution in [0.4, 0.5) is 5.82 Å². The van der Waals surface area contributed by atoms with Crippen LogP contribution in [0, 0.1) is 0 Å². The normalized spacial score (nSPS) is 16.8. The summed E-state index contributed by atoms with van der Waals surface area (Å²) in [6.45, 7) is 1.88. The van der Waals surface area contributed by atoms with E-state index in [-0.39, 0.29) is 5.56 Å². The van der Waals surface area contributed by atoms with Crippen LogP contribution in [-0.4, -0.2) is 23.1 Å². The molecule has 2 heterocycles. The fraction of sp³-hybridized carbons (Fsp3) is 0.429. The number of hydrogen-bond donors (Lipinski definition) is 1. The summed E-state index contributed by atoms with van der Waals surface area (Å²) < 4.78 is 0. The van der Waals surface area contributed by atoms with Gasteiger partial charge in [-0.3, -0.25) is 4.79 Å². The molecular formula is C14H17N3O. The van der Waals surface area contributed by atoms with Gasteiger partial charge < -0.3 is 9.88 Å². The number of aromatic nitrogens is 2. The van der Waals surface area contributed by atoms with Gasteiger partial charge in [-0.25, -0.2) is 4.98 Å². The summed E-state index contributed by atoms with van der Waals surface area (Å²) in [7, 11) is 0. The van der Waals surface area contributed by atoms with Crippen molar-refractivity contribution in [2.24, 2.45) is 0 Å². The number of para-hydroxylation sites is 2. The van der Waals surface area contributed by atoms with E-state index in [4.69, 9.17) is 0 Å². The largest absolute Gasteiger partial charge is 0.352 e. The summed E-state index contributed by atoms with van der Waals surface area (Å²) in [5.74, 6) is 0.579. The van der Waals surface area contributed by atoms with Crippen LogP contribution >= 0.6 is 0 Å². The van der Waals surface area contributed by atoms with Crippen LogP contribution < -0.4 is 10.5 Å². The minimum absolute atomic E-state index is 0.0735. The van der Waals surface area contributed by atoms with Crippen molar-refractivity contribution in [1.82, 2.24) is 9.97 Å². The molecule has 18 heavy (non-hydrogen) atoms. The third-order valence-electron chi connectivity index (χ3n) is 3.49. The molecule has 0 spiro atoms. The Labute approximate surface area is 106 Å². The lowest BCUT2D eigenvalue weighted by Gasteiger charge is -2.20. The summed E-state index contributed by atoms with van der Waals surface area (Å²) in [6, 6.07) is 7.67. The molecule has 0 bridgehead atoms. The quantitative estimate of drug-likeness (QED) is 0.836. The molecule has 0 amide bonds. The average molecular weight is 243 g/mol. The number of fused-ring (bicyclic) bond motifs is 1. The van der Waals surface area contributed by atoms with Crippen LogP contribution in [0.2, 0.25) is 0 Å². The highest BCUT2D eigenvalue weighted by Gasteiger charge is 2.15. The molecule has 0 aliphatic carbocycles. The van der Waals surface area contributed by atoms with Crippen molar-refractivity contribution in [3.05, 3.63) is 34.6 Å². The zero-order chi connectivity index (χ0) is 12.4. The van der Waals surface area contributed by atoms with Crippen molar-refractivity contribution >= 4 is 16.9 Å². The van der Waals surface area contributed by atoms with E-state index in [0.717, 1.165) is 37.0 Å². The predicted octanol–water partition coefficient (Wildman–Crippen LogP) is 2.30. The van der Waals surface area contributed by atoms with E-state index in [2.05, 4.69) is 14.9 Å². The van der Waals surface area contributed by atoms with Gasteiger partial charge in [0.1, 0.15) is 0 Å². The molecule has 94 valence electrons. The molecule has 1 N–H and O–H groups in total. The van der Waals surface area contributed by atoms with Crippen molar-refractivity contribution in [3.63, 3.8) is 0 Å². The van der Waals surface area contributed by atoms with Gasteiger partial charge in [-0.2, -0.15) is 0 Å². The van der Waals surface area contributed by atoms with Gasteiger partial charge >= 0.3 is 0 Å². The van der Waals surface area contributed by atoms with Crippen LogP contribution in [-0.2, 0) is 0 Å². The second-order valence-corrected chi connectivity index (χ2v) is 4.81. The molecule has 1 fully saturated rings. The zero-order valence-corrected chi connectivity index (χ0v) is 10.4. The minimum atomic E-state index is -0.0735. The lowest BCUT2D eigenvalue weighted by Crippen LogP contribution is -2.31. The molecule has 0 atom stereocenters. The highest BCUT2D eigenvalue weighted by Crippen LogP contribution is 2.16. The van der Waals surface area contributed by atoms with E-state index in [9.17, 15) is 4.79 Å². The van der Waals surface area contributed by atoms with Crippen LogP contribution in [0.3, 0.4) is 0 Å². The maximum Gasteiger partial charge on any atom is 0.291 e. The fourth-order valence-electron chi connectivity index (χ4n) is 2.52. The SMILES string of the molecule is O=c1[nH]c2ccccc2nc1N1CCCCCC1. The topological polar surface area (TPSA) is 49.0 Å². The molecule has 3 rings (SSSR count). The molecule has 0 radical (unpaired) electrons. The number of H-pyrrole nitrogens is 1. The Morgan fingerprint density at radius 1 is 1.06 bits per heavy atom. The average Bonchev–Trinajstić information content (AvgIpc) is 2.66. The highest BCUT2D eigenvalue weighted by atomic mass is 16.1. The van der Waals surface area contributed by atoms with E-state index in [1.807, 2.05) is 24.3 Å². The van der Waals surface area contributed by atoms with Crippen molar-refractivity contribution in [2.75, 3.05) is 18.0 Å². The van der Waals surface area contributed by atoms with Gasteiger partial charge in [-0.15, -0.1) is 0 Å². The molecule has 0 unspecified atom stereocenters. The lowest BCUT2D eigenvalue weighted by molar-refractivity contribution is 0.726. The molecule has 4 nitrogen and oxygen atoms in total. The molecule has 1 saturated heterocycles. The van der Waals surface area contributed by atoms with Gasteiger partial charge in [-0.1, -0.05) is 25.0 Å². The molecule has 2 aromatic rings. The highest BCUT2D eigenvalue weighted by molar-refractivity contribution is 5.75. The minimum Gasteiger partial charge on any atom is -0.352 e. The Morgan fingerprint density at radius 2 is 1.78 bits per heavy atom. The molecule has 1 aliphatic heterocycles. The zero-order valence-electron chi connectivity index (χ0n) is 10.4. The Morgan fingerprint density at radius 3 is 2.56 bits per heavy atom. The first-order valence-electron chi connectivity index (χ1n) is 6.58. The Balaban J connectivity index is 2.04. The van der Waals surface area contributed by atoms with E-state index in [1.165, 1.54) is 12.8 Å². The van der Waals surface area contributed by atoms with Gasteiger partial charge in [0.05, 0.1) is 11.0 Å². The van der Waals surface area contributed by atoms with Crippen molar-refractivity contribution in [2.45, 2.75) is 25.7 Å². The summed E-state index contributed by atoms with van der Waals surface area (Å²) in [5.41, 5.74) is 1.59. The Bertz CT molecular complexity index is 597. The number of anilines is 1. The first-order valence-corrected chi connectivity index (χ1v) is 6.58. The Kier molecular flexibility index (Phi) is 3.00. The summed E-state index contributed by atoms with van der Waals surface area (Å²) in [4.78, 5) is 21.6. The molecule has 4 heteroatoms. The first kappa shape index (κ1) is 11.3. The van der Waals surface area contributed by atoms with Gasteiger partial charge in [-0.05, 0) is 25.0 Å². The maximum absolute atomic E-state index is 12.1. The van der Waals surface area contributed by atoms with E-state index in [0.29, 0.717) is 5.82 Å². The number of hydrogen-bond acceptors (Lipinski definition) is 3. The van der Waals surface area contributed by atoms with Crippen LogP contribution in [0.15, 0.2) is 29.1 Å². The van der Waals surface area contributed by atoms with Gasteiger partial charge in [0.25, 0.3) is 5.56 Å². The molecule has 1 aliphatic rings. The maximum atomic E-state index is 12.1. The summed E-state index contributed by atoms with van der Waals surface area (Å²) in [6.07, 6.45) is 4.80. The smallest absolute Gasteiger partial charge is 0.291 e. The standard InChI is InChI=1S/C14H17N3O/c18-14-13(17-9-5-1-2-6-10-17)15-11-7-3-4-8-12(11)16-14/h3-4,7-8H,1-2,5-6,9-10H2,(H,16,18). The van der Waals surface area contributed by atoms with E-state index < -0.39 is 0 Å². The van der Waals surface area contributed by atoms with E-state index >= 15 is 0 Å². The molecule has 1 aromatic carbocycles. The molecule has 1 aromatic heterocycles. The number of nitrogens with one attached hydrogen (secondary N) is 1. The van der Waals surface area contributed by atoms with Crippen molar-refractivity contribution < 1.29 is 0 Å². The second-order valence-electron chi connectivity index (χ2n) is 4.81. The molecular weight excluding hydrogens is 226 g/mol. The number of rotatable bonds is 1. The Hall–Kier alpha value is -1.84. The van der Waals surface area contributed by atoms with Gasteiger partial charge in [0.15, 0.2) is 5.82 Å². The van der Waals surface area contributed by atoms with Gasteiger partial charge in [0, 0.05) is 13.1 Å². The third kappa shape index (κ3) is 2.10. The van der Waals surface area contributed by atoms with E-state index in [1.54, 1.807) is 0 Å². The van der Waals surface area contributed by atoms with Crippen molar-refractivity contribution in [1.29, 1.82) is 0 Å². The summed E-state index contributed by atoms with van der Waals surface area (Å²) >= 11 is 0. The van der Waals surface area contributed by atoms with Crippen LogP contribution in [0.25, 0.3) is 11.0 Å². The molecule has 0 saturated carbocycles. The van der Waals surface area contributed by atoms with Crippen LogP contribution in [0.5, 0.6) is 0 Å². The number of aromatic amines is 1. The monoisotopic (exact) mass is 243 g/mol. The van der Waals surface area contributed by atoms with Gasteiger partial charge in [0.2, 0.25) is 0 Å². The lowest BCUT2D eigenvalue weighted by atomic mass is 10.2. The number of nitrogens with zero attached hydrogens (tertiary/aromatic N) is 2. The summed E-state index contributed by atoms with van der Waals surface area (Å²) in [5, 5.41) is 0. The van der Waals surface area contributed by atoms with Crippen LogP contribution in [0.1, 0.15) is 25.7 Å². The predicted molar refractivity (Wildman–Crippen MR) is 73.0 cm³/mol. The fourth-order valence-corrected chi connectivity index (χ4v) is 2.52. The third-order valence-corrected chi connectivity index (χ3v) is 3.49. The first-order chi connectivity index (χ1) is 8.84. The number of benzene rings is 1. The second kappa shape index (κ2) is 4.80. The van der Waals surface area contributed by atoms with Crippen molar-refractivity contribution in [3.8, 4) is 0 Å².